The van der Waals surface area contributed by atoms with Gasteiger partial charge in [0.2, 0.25) is 0 Å². The summed E-state index contributed by atoms with van der Waals surface area (Å²) in [5.41, 5.74) is 3.91. The molecule has 0 spiro atoms. The normalized spacial score (nSPS) is 11.6. The van der Waals surface area contributed by atoms with Crippen LogP contribution in [0.1, 0.15) is 0 Å². The second-order valence-electron chi connectivity index (χ2n) is 5.89. The molecule has 0 fully saturated rings. The fraction of sp³-hybridized carbons (Fsp3) is 0.100. The maximum atomic E-state index is 2.43. The minimum atomic E-state index is -0.524. The molecule has 0 aliphatic rings. The summed E-state index contributed by atoms with van der Waals surface area (Å²) < 4.78 is 2.43. The van der Waals surface area contributed by atoms with Crippen LogP contribution >= 0.6 is 0 Å². The molecular formula is C20H18NSi. The highest BCUT2D eigenvalue weighted by atomic mass is 28.3. The van der Waals surface area contributed by atoms with Gasteiger partial charge in [-0.3, -0.25) is 0 Å². The number of hydrogen-bond donors (Lipinski definition) is 0. The number of fused-ring (bicyclic) bond motifs is 3. The maximum Gasteiger partial charge on any atom is 0.0819 e. The number of aromatic nitrogens is 1. The predicted octanol–water partition coefficient (Wildman–Crippen LogP) is 4.75. The Balaban J connectivity index is 2.19. The molecular weight excluding hydrogens is 282 g/mol. The molecule has 0 amide bonds. The van der Waals surface area contributed by atoms with E-state index in [0.717, 1.165) is 0 Å². The van der Waals surface area contributed by atoms with E-state index >= 15 is 0 Å². The van der Waals surface area contributed by atoms with E-state index in [1.165, 1.54) is 32.7 Å². The van der Waals surface area contributed by atoms with E-state index in [-0.39, 0.29) is 0 Å². The summed E-state index contributed by atoms with van der Waals surface area (Å²) in [6.07, 6.45) is 0. The molecule has 0 atom stereocenters. The second-order valence-corrected chi connectivity index (χ2v) is 8.43. The summed E-state index contributed by atoms with van der Waals surface area (Å²) in [7, 11) is -0.524. The van der Waals surface area contributed by atoms with Crippen molar-refractivity contribution in [2.45, 2.75) is 13.1 Å². The largest absolute Gasteiger partial charge is 0.309 e. The standard InChI is InChI=1S/C20H18NSi/c1-22(2)20-14-8-7-13-19(20)21-17-11-5-3-9-15(17)16-10-4-6-12-18(16)21/h3-14H,1-2H3. The van der Waals surface area contributed by atoms with E-state index in [2.05, 4.69) is 90.5 Å². The Kier molecular flexibility index (Phi) is 3.12. The highest BCUT2D eigenvalue weighted by Crippen LogP contribution is 2.31. The zero-order chi connectivity index (χ0) is 15.1. The molecule has 0 unspecified atom stereocenters. The Bertz CT molecular complexity index is 912. The van der Waals surface area contributed by atoms with Crippen molar-refractivity contribution in [2.75, 3.05) is 0 Å². The Morgan fingerprint density at radius 1 is 0.636 bits per heavy atom. The average Bonchev–Trinajstić information content (AvgIpc) is 2.89. The monoisotopic (exact) mass is 300 g/mol. The minimum absolute atomic E-state index is 0.524. The van der Waals surface area contributed by atoms with Crippen LogP contribution in [0, 0.1) is 0 Å². The van der Waals surface area contributed by atoms with Crippen molar-refractivity contribution in [3.63, 3.8) is 0 Å². The first-order valence-corrected chi connectivity index (χ1v) is 10.2. The summed E-state index contributed by atoms with van der Waals surface area (Å²) in [4.78, 5) is 0. The lowest BCUT2D eigenvalue weighted by molar-refractivity contribution is 1.19. The van der Waals surface area contributed by atoms with Crippen molar-refractivity contribution in [1.29, 1.82) is 0 Å². The lowest BCUT2D eigenvalue weighted by Crippen LogP contribution is -2.27. The van der Waals surface area contributed by atoms with Crippen LogP contribution in [0.2, 0.25) is 13.1 Å². The first kappa shape index (κ1) is 13.3. The Labute approximate surface area is 132 Å². The lowest BCUT2D eigenvalue weighted by atomic mass is 10.2. The molecule has 0 aliphatic heterocycles. The molecule has 0 bridgehead atoms. The minimum Gasteiger partial charge on any atom is -0.309 e. The van der Waals surface area contributed by atoms with Crippen molar-refractivity contribution in [3.8, 4) is 5.69 Å². The fourth-order valence-corrected chi connectivity index (χ4v) is 4.41. The smallest absolute Gasteiger partial charge is 0.0819 e. The van der Waals surface area contributed by atoms with E-state index in [4.69, 9.17) is 0 Å². The van der Waals surface area contributed by atoms with E-state index in [1.807, 2.05) is 0 Å². The third kappa shape index (κ3) is 1.91. The molecule has 1 radical (unpaired) electrons. The maximum absolute atomic E-state index is 2.43. The zero-order valence-electron chi connectivity index (χ0n) is 12.9. The summed E-state index contributed by atoms with van der Waals surface area (Å²) in [6.45, 7) is 4.72. The average molecular weight is 300 g/mol. The summed E-state index contributed by atoms with van der Waals surface area (Å²) in [5.74, 6) is 0. The summed E-state index contributed by atoms with van der Waals surface area (Å²) in [5, 5.41) is 4.14. The molecule has 1 nitrogen and oxygen atoms in total. The fourth-order valence-electron chi connectivity index (χ4n) is 3.27. The quantitative estimate of drug-likeness (QED) is 0.471. The number of para-hydroxylation sites is 3. The van der Waals surface area contributed by atoms with Crippen molar-refractivity contribution in [3.05, 3.63) is 72.8 Å². The Hall–Kier alpha value is -2.32. The highest BCUT2D eigenvalue weighted by Gasteiger charge is 2.15. The molecule has 0 N–H and O–H groups in total. The molecule has 107 valence electrons. The number of hydrogen-bond acceptors (Lipinski definition) is 0. The molecule has 4 rings (SSSR count). The van der Waals surface area contributed by atoms with Gasteiger partial charge in [0.15, 0.2) is 0 Å². The second kappa shape index (κ2) is 5.15. The van der Waals surface area contributed by atoms with Gasteiger partial charge in [-0.1, -0.05) is 67.7 Å². The van der Waals surface area contributed by atoms with Gasteiger partial charge >= 0.3 is 0 Å². The van der Waals surface area contributed by atoms with E-state index < -0.39 is 8.80 Å². The number of benzene rings is 3. The molecule has 1 heterocycles. The molecule has 4 aromatic rings. The number of nitrogens with zero attached hydrogens (tertiary/aromatic N) is 1. The van der Waals surface area contributed by atoms with Gasteiger partial charge in [-0.05, 0) is 23.4 Å². The van der Waals surface area contributed by atoms with Crippen molar-refractivity contribution in [1.82, 2.24) is 4.57 Å². The Morgan fingerprint density at radius 3 is 1.73 bits per heavy atom. The number of rotatable bonds is 2. The van der Waals surface area contributed by atoms with E-state index in [1.54, 1.807) is 0 Å². The van der Waals surface area contributed by atoms with Crippen LogP contribution in [0.3, 0.4) is 0 Å². The topological polar surface area (TPSA) is 4.93 Å². The van der Waals surface area contributed by atoms with Gasteiger partial charge in [-0.15, -0.1) is 0 Å². The molecule has 2 heteroatoms. The zero-order valence-corrected chi connectivity index (χ0v) is 13.9. The van der Waals surface area contributed by atoms with Crippen LogP contribution in [-0.4, -0.2) is 13.4 Å². The highest BCUT2D eigenvalue weighted by molar-refractivity contribution is 6.71. The van der Waals surface area contributed by atoms with Crippen LogP contribution in [0.25, 0.3) is 27.5 Å². The summed E-state index contributed by atoms with van der Waals surface area (Å²) >= 11 is 0. The van der Waals surface area contributed by atoms with Gasteiger partial charge in [0, 0.05) is 16.5 Å². The van der Waals surface area contributed by atoms with Gasteiger partial charge < -0.3 is 4.57 Å². The first-order chi connectivity index (χ1) is 10.8. The van der Waals surface area contributed by atoms with Crippen LogP contribution in [0.4, 0.5) is 0 Å². The third-order valence-corrected chi connectivity index (χ3v) is 5.76. The van der Waals surface area contributed by atoms with E-state index in [0.29, 0.717) is 0 Å². The Morgan fingerprint density at radius 2 is 1.14 bits per heavy atom. The lowest BCUT2D eigenvalue weighted by Gasteiger charge is -2.15. The van der Waals surface area contributed by atoms with Gasteiger partial charge in [-0.2, -0.15) is 0 Å². The van der Waals surface area contributed by atoms with E-state index in [9.17, 15) is 0 Å². The first-order valence-electron chi connectivity index (χ1n) is 7.65. The molecule has 0 saturated heterocycles. The SMILES string of the molecule is C[Si](C)c1ccccc1-n1c2ccccc2c2ccccc21. The van der Waals surface area contributed by atoms with Gasteiger partial charge in [0.1, 0.15) is 0 Å². The van der Waals surface area contributed by atoms with Crippen LogP contribution in [0.15, 0.2) is 72.8 Å². The van der Waals surface area contributed by atoms with Gasteiger partial charge in [0.25, 0.3) is 0 Å². The van der Waals surface area contributed by atoms with Crippen LogP contribution in [0.5, 0.6) is 0 Å². The third-order valence-electron chi connectivity index (χ3n) is 4.26. The van der Waals surface area contributed by atoms with Crippen LogP contribution in [-0.2, 0) is 0 Å². The van der Waals surface area contributed by atoms with Gasteiger partial charge in [0.05, 0.1) is 19.8 Å². The molecule has 3 aromatic carbocycles. The molecule has 0 saturated carbocycles. The van der Waals surface area contributed by atoms with Crippen molar-refractivity contribution < 1.29 is 0 Å². The van der Waals surface area contributed by atoms with Crippen molar-refractivity contribution >= 4 is 35.8 Å². The van der Waals surface area contributed by atoms with Gasteiger partial charge in [-0.25, -0.2) is 0 Å². The molecule has 1 aromatic heterocycles. The summed E-state index contributed by atoms with van der Waals surface area (Å²) in [6, 6.07) is 26.2. The molecule has 0 aliphatic carbocycles. The van der Waals surface area contributed by atoms with Crippen molar-refractivity contribution in [2.24, 2.45) is 0 Å². The molecule has 22 heavy (non-hydrogen) atoms. The van der Waals surface area contributed by atoms with Crippen LogP contribution < -0.4 is 5.19 Å². The predicted molar refractivity (Wildman–Crippen MR) is 97.9 cm³/mol.